The van der Waals surface area contributed by atoms with E-state index >= 15 is 0 Å². The van der Waals surface area contributed by atoms with Crippen LogP contribution in [0.4, 0.5) is 5.69 Å². The third kappa shape index (κ3) is 7.84. The molecule has 2 atom stereocenters. The molecule has 1 heterocycles. The zero-order valence-electron chi connectivity index (χ0n) is 20.4. The van der Waals surface area contributed by atoms with Gasteiger partial charge < -0.3 is 25.8 Å². The van der Waals surface area contributed by atoms with Crippen molar-refractivity contribution >= 4 is 23.8 Å². The van der Waals surface area contributed by atoms with E-state index in [9.17, 15) is 14.7 Å². The molecule has 0 saturated carbocycles. The molecule has 1 aromatic carbocycles. The summed E-state index contributed by atoms with van der Waals surface area (Å²) < 4.78 is 7.19. The third-order valence-corrected chi connectivity index (χ3v) is 5.13. The maximum absolute atomic E-state index is 12.4. The number of methoxy groups -OCH3 is 1. The van der Waals surface area contributed by atoms with Crippen LogP contribution >= 0.6 is 0 Å². The van der Waals surface area contributed by atoms with Gasteiger partial charge in [-0.2, -0.15) is 0 Å². The Labute approximate surface area is 200 Å². The van der Waals surface area contributed by atoms with Crippen LogP contribution in [0.1, 0.15) is 39.4 Å². The van der Waals surface area contributed by atoms with E-state index in [2.05, 4.69) is 31.1 Å². The van der Waals surface area contributed by atoms with Gasteiger partial charge in [0.2, 0.25) is 11.8 Å². The number of hydrogen-bond acceptors (Lipinski definition) is 7. The maximum Gasteiger partial charge on any atom is 0.249 e. The molecular formula is C23H35N7O4. The number of nitrogens with one attached hydrogen (secondary N) is 3. The highest BCUT2D eigenvalue weighted by molar-refractivity contribution is 5.89. The molecule has 0 bridgehead atoms. The predicted molar refractivity (Wildman–Crippen MR) is 130 cm³/mol. The first-order chi connectivity index (χ1) is 16.2. The number of ether oxygens (including phenoxy) is 1. The summed E-state index contributed by atoms with van der Waals surface area (Å²) in [5.41, 5.74) is 1.68. The Kier molecular flexibility index (Phi) is 10.5. The minimum atomic E-state index is -1.16. The summed E-state index contributed by atoms with van der Waals surface area (Å²) in [6, 6.07) is 4.97. The molecule has 0 aliphatic rings. The summed E-state index contributed by atoms with van der Waals surface area (Å²) >= 11 is 0. The highest BCUT2D eigenvalue weighted by Gasteiger charge is 2.25. The summed E-state index contributed by atoms with van der Waals surface area (Å²) in [6.07, 6.45) is 3.64. The van der Waals surface area contributed by atoms with Gasteiger partial charge in [0, 0.05) is 19.2 Å². The van der Waals surface area contributed by atoms with Crippen molar-refractivity contribution in [1.82, 2.24) is 25.4 Å². The average molecular weight is 474 g/mol. The van der Waals surface area contributed by atoms with Gasteiger partial charge in [-0.25, -0.2) is 0 Å². The average Bonchev–Trinajstić information content (AvgIpc) is 3.23. The summed E-state index contributed by atoms with van der Waals surface area (Å²) in [5.74, 6) is 0.558. The fourth-order valence-electron chi connectivity index (χ4n) is 3.14. The second-order valence-electron chi connectivity index (χ2n) is 8.22. The molecule has 2 rings (SSSR count). The minimum absolute atomic E-state index is 0.0956. The SMILES string of the molecule is COc1ccc(-n2cnnc2C)c(NC=NCCCCNC(=O)[C@@H](NC(=O)[C@H](C)O)C(C)C)c1. The zero-order chi connectivity index (χ0) is 25.1. The van der Waals surface area contributed by atoms with Crippen molar-refractivity contribution in [3.8, 4) is 11.4 Å². The molecule has 0 spiro atoms. The van der Waals surface area contributed by atoms with Crippen LogP contribution in [0.2, 0.25) is 0 Å². The van der Waals surface area contributed by atoms with E-state index in [1.165, 1.54) is 6.92 Å². The van der Waals surface area contributed by atoms with Crippen LogP contribution in [-0.2, 0) is 9.59 Å². The fourth-order valence-corrected chi connectivity index (χ4v) is 3.14. The number of aromatic nitrogens is 3. The number of unbranched alkanes of at least 4 members (excludes halogenated alkanes) is 1. The van der Waals surface area contributed by atoms with E-state index in [1.54, 1.807) is 19.8 Å². The number of aryl methyl sites for hydroxylation is 1. The number of aliphatic hydroxyl groups excluding tert-OH is 1. The predicted octanol–water partition coefficient (Wildman–Crippen LogP) is 1.44. The Hall–Kier alpha value is -3.47. The quantitative estimate of drug-likeness (QED) is 0.196. The molecule has 34 heavy (non-hydrogen) atoms. The van der Waals surface area contributed by atoms with Crippen LogP contribution in [0.15, 0.2) is 29.5 Å². The Bertz CT molecular complexity index is 972. The van der Waals surface area contributed by atoms with Crippen LogP contribution in [0.25, 0.3) is 5.69 Å². The van der Waals surface area contributed by atoms with Gasteiger partial charge in [0.05, 0.1) is 24.8 Å². The lowest BCUT2D eigenvalue weighted by Crippen LogP contribution is -2.52. The van der Waals surface area contributed by atoms with Crippen LogP contribution in [0.5, 0.6) is 5.75 Å². The van der Waals surface area contributed by atoms with Gasteiger partial charge in [0.15, 0.2) is 0 Å². The molecule has 0 aliphatic heterocycles. The van der Waals surface area contributed by atoms with Crippen molar-refractivity contribution in [2.45, 2.75) is 52.7 Å². The third-order valence-electron chi connectivity index (χ3n) is 5.13. The number of carbonyl (C=O) groups is 2. The topological polar surface area (TPSA) is 143 Å². The lowest BCUT2D eigenvalue weighted by molar-refractivity contribution is -0.134. The first-order valence-electron chi connectivity index (χ1n) is 11.3. The van der Waals surface area contributed by atoms with Gasteiger partial charge in [-0.1, -0.05) is 13.8 Å². The van der Waals surface area contributed by atoms with Crippen LogP contribution in [0, 0.1) is 12.8 Å². The lowest BCUT2D eigenvalue weighted by atomic mass is 10.0. The Morgan fingerprint density at radius 2 is 2.00 bits per heavy atom. The number of carbonyl (C=O) groups excluding carboxylic acids is 2. The van der Waals surface area contributed by atoms with E-state index in [1.807, 2.05) is 43.5 Å². The van der Waals surface area contributed by atoms with Crippen molar-refractivity contribution in [1.29, 1.82) is 0 Å². The van der Waals surface area contributed by atoms with E-state index in [-0.39, 0.29) is 11.8 Å². The largest absolute Gasteiger partial charge is 0.497 e. The zero-order valence-corrected chi connectivity index (χ0v) is 20.4. The van der Waals surface area contributed by atoms with Gasteiger partial charge in [-0.3, -0.25) is 19.1 Å². The van der Waals surface area contributed by atoms with E-state index in [0.717, 1.165) is 30.0 Å². The molecule has 1 aromatic heterocycles. The number of aliphatic hydroxyl groups is 1. The smallest absolute Gasteiger partial charge is 0.249 e. The number of rotatable bonds is 13. The molecule has 0 unspecified atom stereocenters. The number of benzene rings is 1. The monoisotopic (exact) mass is 473 g/mol. The molecule has 0 radical (unpaired) electrons. The van der Waals surface area contributed by atoms with Gasteiger partial charge >= 0.3 is 0 Å². The summed E-state index contributed by atoms with van der Waals surface area (Å²) in [4.78, 5) is 28.5. The lowest BCUT2D eigenvalue weighted by Gasteiger charge is -2.22. The molecule has 186 valence electrons. The van der Waals surface area contributed by atoms with Crippen LogP contribution in [-0.4, -0.2) is 70.4 Å². The summed E-state index contributed by atoms with van der Waals surface area (Å²) in [7, 11) is 1.61. The van der Waals surface area contributed by atoms with Crippen molar-refractivity contribution in [3.63, 3.8) is 0 Å². The van der Waals surface area contributed by atoms with Gasteiger partial charge in [0.25, 0.3) is 0 Å². The first kappa shape index (κ1) is 26.8. The fraction of sp³-hybridized carbons (Fsp3) is 0.522. The molecule has 2 aromatic rings. The number of aliphatic imine (C=N–C) groups is 1. The van der Waals surface area contributed by atoms with Crippen molar-refractivity contribution in [3.05, 3.63) is 30.4 Å². The summed E-state index contributed by atoms with van der Waals surface area (Å²) in [5, 5.41) is 25.9. The second-order valence-corrected chi connectivity index (χ2v) is 8.22. The molecule has 11 nitrogen and oxygen atoms in total. The molecule has 11 heteroatoms. The molecule has 0 aliphatic carbocycles. The first-order valence-corrected chi connectivity index (χ1v) is 11.3. The molecule has 0 saturated heterocycles. The molecule has 0 fully saturated rings. The van der Waals surface area contributed by atoms with Crippen LogP contribution < -0.4 is 20.7 Å². The highest BCUT2D eigenvalue weighted by atomic mass is 16.5. The molecular weight excluding hydrogens is 438 g/mol. The van der Waals surface area contributed by atoms with E-state index in [4.69, 9.17) is 4.74 Å². The van der Waals surface area contributed by atoms with E-state index < -0.39 is 18.1 Å². The van der Waals surface area contributed by atoms with Crippen molar-refractivity contribution in [2.24, 2.45) is 10.9 Å². The standard InChI is InChI=1S/C23H35N7O4/c1-15(2)21(28-22(32)16(3)31)23(33)25-11-7-6-10-24-13-26-19-12-18(34-5)8-9-20(19)30-14-27-29-17(30)4/h8-9,12-16,21,31H,6-7,10-11H2,1-5H3,(H,24,26)(H,25,33)(H,28,32)/t16-,21-/m0/s1. The minimum Gasteiger partial charge on any atom is -0.497 e. The van der Waals surface area contributed by atoms with Gasteiger partial charge in [-0.05, 0) is 44.7 Å². The number of amides is 2. The second kappa shape index (κ2) is 13.3. The van der Waals surface area contributed by atoms with Crippen LogP contribution in [0.3, 0.4) is 0 Å². The maximum atomic E-state index is 12.4. The van der Waals surface area contributed by atoms with Gasteiger partial charge in [0.1, 0.15) is 30.0 Å². The normalized spacial score (nSPS) is 13.0. The number of anilines is 1. The number of hydrogen-bond donors (Lipinski definition) is 4. The van der Waals surface area contributed by atoms with Gasteiger partial charge in [-0.15, -0.1) is 10.2 Å². The van der Waals surface area contributed by atoms with Crippen molar-refractivity contribution in [2.75, 3.05) is 25.5 Å². The molecule has 4 N–H and O–H groups in total. The Morgan fingerprint density at radius 3 is 2.62 bits per heavy atom. The Balaban J connectivity index is 1.79. The highest BCUT2D eigenvalue weighted by Crippen LogP contribution is 2.26. The van der Waals surface area contributed by atoms with Crippen molar-refractivity contribution < 1.29 is 19.4 Å². The molecule has 2 amide bonds. The summed E-state index contributed by atoms with van der Waals surface area (Å²) in [6.45, 7) is 7.98. The van der Waals surface area contributed by atoms with E-state index in [0.29, 0.717) is 18.8 Å². The number of nitrogens with zero attached hydrogens (tertiary/aromatic N) is 4. The Morgan fingerprint density at radius 1 is 1.24 bits per heavy atom.